The maximum atomic E-state index is 13.2. The van der Waals surface area contributed by atoms with Gasteiger partial charge in [-0.05, 0) is 30.5 Å². The van der Waals surface area contributed by atoms with Gasteiger partial charge in [0.25, 0.3) is 0 Å². The zero-order valence-electron chi connectivity index (χ0n) is 10.1. The van der Waals surface area contributed by atoms with Gasteiger partial charge >= 0.3 is 6.18 Å². The van der Waals surface area contributed by atoms with Gasteiger partial charge in [0.15, 0.2) is 0 Å². The lowest BCUT2D eigenvalue weighted by Crippen LogP contribution is -2.25. The van der Waals surface area contributed by atoms with E-state index in [0.29, 0.717) is 13.0 Å². The van der Waals surface area contributed by atoms with Gasteiger partial charge in [0.2, 0.25) is 0 Å². The number of ether oxygens (including phenoxy) is 1. The van der Waals surface area contributed by atoms with Crippen LogP contribution in [-0.4, -0.2) is 18.3 Å². The van der Waals surface area contributed by atoms with Crippen molar-refractivity contribution in [3.63, 3.8) is 0 Å². The molecule has 2 rings (SSSR count). The van der Waals surface area contributed by atoms with E-state index in [1.165, 1.54) is 6.07 Å². The van der Waals surface area contributed by atoms with E-state index < -0.39 is 23.7 Å². The highest BCUT2D eigenvalue weighted by Gasteiger charge is 2.36. The molecule has 6 heteroatoms. The summed E-state index contributed by atoms with van der Waals surface area (Å²) in [5.41, 5.74) is -1.04. The quantitative estimate of drug-likeness (QED) is 0.841. The summed E-state index contributed by atoms with van der Waals surface area (Å²) >= 11 is 0. The fourth-order valence-corrected chi connectivity index (χ4v) is 2.34. The maximum absolute atomic E-state index is 13.2. The molecule has 19 heavy (non-hydrogen) atoms. The fraction of sp³-hybridized carbons (Fsp3) is 0.538. The maximum Gasteiger partial charge on any atom is 0.419 e. The van der Waals surface area contributed by atoms with Crippen LogP contribution in [0, 0.1) is 11.7 Å². The minimum absolute atomic E-state index is 0.163. The SMILES string of the molecule is OCC1CCCOC1c1ccc(F)c(C(F)(F)F)c1. The highest BCUT2D eigenvalue weighted by Crippen LogP contribution is 2.37. The Morgan fingerprint density at radius 2 is 2.05 bits per heavy atom. The number of halogens is 4. The van der Waals surface area contributed by atoms with E-state index >= 15 is 0 Å². The second-order valence-corrected chi connectivity index (χ2v) is 4.61. The van der Waals surface area contributed by atoms with Crippen LogP contribution >= 0.6 is 0 Å². The molecule has 0 amide bonds. The molecule has 0 aliphatic carbocycles. The van der Waals surface area contributed by atoms with Crippen molar-refractivity contribution in [1.29, 1.82) is 0 Å². The normalized spacial score (nSPS) is 24.5. The fourth-order valence-electron chi connectivity index (χ4n) is 2.34. The molecule has 1 aliphatic heterocycles. The van der Waals surface area contributed by atoms with Gasteiger partial charge in [0.05, 0.1) is 11.7 Å². The average molecular weight is 278 g/mol. The van der Waals surface area contributed by atoms with Gasteiger partial charge in [-0.15, -0.1) is 0 Å². The van der Waals surface area contributed by atoms with E-state index in [0.717, 1.165) is 18.6 Å². The highest BCUT2D eigenvalue weighted by molar-refractivity contribution is 5.29. The third kappa shape index (κ3) is 3.06. The van der Waals surface area contributed by atoms with Crippen LogP contribution in [0.25, 0.3) is 0 Å². The van der Waals surface area contributed by atoms with Crippen molar-refractivity contribution >= 4 is 0 Å². The molecule has 1 saturated heterocycles. The van der Waals surface area contributed by atoms with E-state index in [-0.39, 0.29) is 18.1 Å². The van der Waals surface area contributed by atoms with Crippen molar-refractivity contribution in [2.75, 3.05) is 13.2 Å². The van der Waals surface area contributed by atoms with Gasteiger partial charge in [-0.1, -0.05) is 6.07 Å². The minimum atomic E-state index is -4.73. The zero-order valence-corrected chi connectivity index (χ0v) is 10.1. The van der Waals surface area contributed by atoms with E-state index in [9.17, 15) is 22.7 Å². The Labute approximate surface area is 108 Å². The molecule has 1 aromatic carbocycles. The Morgan fingerprint density at radius 3 is 2.68 bits per heavy atom. The van der Waals surface area contributed by atoms with Crippen LogP contribution in [0.1, 0.15) is 30.1 Å². The predicted octanol–water partition coefficient (Wildman–Crippen LogP) is 3.30. The molecule has 0 saturated carbocycles. The summed E-state index contributed by atoms with van der Waals surface area (Å²) in [5, 5.41) is 9.23. The van der Waals surface area contributed by atoms with E-state index in [2.05, 4.69) is 0 Å². The second kappa shape index (κ2) is 5.46. The summed E-state index contributed by atoms with van der Waals surface area (Å²) in [6.07, 6.45) is -3.90. The molecule has 0 bridgehead atoms. The monoisotopic (exact) mass is 278 g/mol. The van der Waals surface area contributed by atoms with Crippen molar-refractivity contribution in [3.8, 4) is 0 Å². The molecule has 1 aliphatic rings. The van der Waals surface area contributed by atoms with Gasteiger partial charge < -0.3 is 9.84 Å². The van der Waals surface area contributed by atoms with Gasteiger partial charge in [-0.2, -0.15) is 13.2 Å². The summed E-state index contributed by atoms with van der Waals surface area (Å²) in [7, 11) is 0. The molecule has 2 atom stereocenters. The van der Waals surface area contributed by atoms with Gasteiger partial charge in [-0.25, -0.2) is 4.39 Å². The lowest BCUT2D eigenvalue weighted by atomic mass is 9.89. The number of benzene rings is 1. The molecule has 0 aromatic heterocycles. The van der Waals surface area contributed by atoms with Crippen LogP contribution in [0.5, 0.6) is 0 Å². The van der Waals surface area contributed by atoms with E-state index in [4.69, 9.17) is 4.74 Å². The molecule has 2 nitrogen and oxygen atoms in total. The van der Waals surface area contributed by atoms with Crippen LogP contribution in [0.3, 0.4) is 0 Å². The lowest BCUT2D eigenvalue weighted by Gasteiger charge is -2.31. The Kier molecular flexibility index (Phi) is 4.10. The number of hydrogen-bond donors (Lipinski definition) is 1. The molecule has 1 fully saturated rings. The molecular formula is C13H14F4O2. The molecule has 1 aromatic rings. The Balaban J connectivity index is 2.34. The Morgan fingerprint density at radius 1 is 1.32 bits per heavy atom. The number of aliphatic hydroxyl groups is 1. The standard InChI is InChI=1S/C13H14F4O2/c14-11-4-3-8(6-10(11)13(15,16)17)12-9(7-18)2-1-5-19-12/h3-4,6,9,12,18H,1-2,5,7H2. The third-order valence-electron chi connectivity index (χ3n) is 3.30. The molecular weight excluding hydrogens is 264 g/mol. The Hall–Kier alpha value is -1.14. The van der Waals surface area contributed by atoms with Crippen LogP contribution in [0.4, 0.5) is 17.6 Å². The minimum Gasteiger partial charge on any atom is -0.396 e. The molecule has 0 spiro atoms. The van der Waals surface area contributed by atoms with Gasteiger partial charge in [0, 0.05) is 19.1 Å². The van der Waals surface area contributed by atoms with E-state index in [1.807, 2.05) is 0 Å². The topological polar surface area (TPSA) is 29.5 Å². The smallest absolute Gasteiger partial charge is 0.396 e. The number of alkyl halides is 3. The summed E-state index contributed by atoms with van der Waals surface area (Å²) in [6, 6.07) is 2.85. The first-order chi connectivity index (χ1) is 8.93. The third-order valence-corrected chi connectivity index (χ3v) is 3.30. The van der Waals surface area contributed by atoms with Crippen LogP contribution in [0.2, 0.25) is 0 Å². The second-order valence-electron chi connectivity index (χ2n) is 4.61. The zero-order chi connectivity index (χ0) is 14.0. The predicted molar refractivity (Wildman–Crippen MR) is 59.9 cm³/mol. The van der Waals surface area contributed by atoms with Crippen molar-refractivity contribution < 1.29 is 27.4 Å². The van der Waals surface area contributed by atoms with Crippen LogP contribution < -0.4 is 0 Å². The summed E-state index contributed by atoms with van der Waals surface area (Å²) in [6.45, 7) is 0.267. The highest BCUT2D eigenvalue weighted by atomic mass is 19.4. The molecule has 2 unspecified atom stereocenters. The van der Waals surface area contributed by atoms with Crippen LogP contribution in [0.15, 0.2) is 18.2 Å². The van der Waals surface area contributed by atoms with Gasteiger partial charge in [-0.3, -0.25) is 0 Å². The average Bonchev–Trinajstić information content (AvgIpc) is 2.38. The molecule has 106 valence electrons. The first-order valence-electron chi connectivity index (χ1n) is 6.02. The number of hydrogen-bond acceptors (Lipinski definition) is 2. The largest absolute Gasteiger partial charge is 0.419 e. The number of rotatable bonds is 2. The summed E-state index contributed by atoms with van der Waals surface area (Å²) in [4.78, 5) is 0. The first kappa shape index (κ1) is 14.3. The van der Waals surface area contributed by atoms with Gasteiger partial charge in [0.1, 0.15) is 5.82 Å². The van der Waals surface area contributed by atoms with Crippen molar-refractivity contribution in [2.45, 2.75) is 25.1 Å². The van der Waals surface area contributed by atoms with Crippen molar-refractivity contribution in [2.24, 2.45) is 5.92 Å². The Bertz CT molecular complexity index is 445. The lowest BCUT2D eigenvalue weighted by molar-refractivity contribution is -0.140. The van der Waals surface area contributed by atoms with Crippen molar-refractivity contribution in [3.05, 3.63) is 35.1 Å². The molecule has 1 heterocycles. The molecule has 1 N–H and O–H groups in total. The number of aliphatic hydroxyl groups excluding tert-OH is 1. The molecule has 0 radical (unpaired) electrons. The summed E-state index contributed by atoms with van der Waals surface area (Å²) in [5.74, 6) is -1.55. The summed E-state index contributed by atoms with van der Waals surface area (Å²) < 4.78 is 56.6. The van der Waals surface area contributed by atoms with Crippen LogP contribution in [-0.2, 0) is 10.9 Å². The van der Waals surface area contributed by atoms with E-state index in [1.54, 1.807) is 0 Å². The first-order valence-corrected chi connectivity index (χ1v) is 6.02. The van der Waals surface area contributed by atoms with Crippen molar-refractivity contribution in [1.82, 2.24) is 0 Å².